The standard InChI is InChI=1S/C12H11N3O3/c1-7-9(10(12(17)18)15-14-7)11(16)13-8-5-3-2-4-6-8/h2-6H,1H3,(H,13,16)(H,14,15)(H,17,18). The van der Waals surface area contributed by atoms with Gasteiger partial charge in [-0.2, -0.15) is 5.10 Å². The van der Waals surface area contributed by atoms with E-state index in [1.807, 2.05) is 6.07 Å². The molecule has 0 radical (unpaired) electrons. The fourth-order valence-corrected chi connectivity index (χ4v) is 1.58. The summed E-state index contributed by atoms with van der Waals surface area (Å²) >= 11 is 0. The van der Waals surface area contributed by atoms with Gasteiger partial charge in [-0.05, 0) is 19.1 Å². The number of aromatic carboxylic acids is 1. The molecule has 18 heavy (non-hydrogen) atoms. The zero-order valence-corrected chi connectivity index (χ0v) is 9.60. The average Bonchev–Trinajstić information content (AvgIpc) is 2.72. The van der Waals surface area contributed by atoms with E-state index in [4.69, 9.17) is 5.11 Å². The topological polar surface area (TPSA) is 95.1 Å². The predicted molar refractivity (Wildman–Crippen MR) is 64.7 cm³/mol. The van der Waals surface area contributed by atoms with Crippen molar-refractivity contribution in [1.29, 1.82) is 0 Å². The number of rotatable bonds is 3. The number of carbonyl (C=O) groups excluding carboxylic acids is 1. The largest absolute Gasteiger partial charge is 0.476 e. The van der Waals surface area contributed by atoms with Crippen molar-refractivity contribution in [3.05, 3.63) is 47.3 Å². The van der Waals surface area contributed by atoms with Gasteiger partial charge in [0.2, 0.25) is 0 Å². The number of carbonyl (C=O) groups is 2. The zero-order chi connectivity index (χ0) is 13.1. The quantitative estimate of drug-likeness (QED) is 0.766. The maximum atomic E-state index is 12.0. The number of carboxylic acids is 1. The van der Waals surface area contributed by atoms with Crippen LogP contribution in [0.3, 0.4) is 0 Å². The van der Waals surface area contributed by atoms with Crippen molar-refractivity contribution in [3.8, 4) is 0 Å². The molecule has 0 aliphatic carbocycles. The number of aromatic amines is 1. The number of para-hydroxylation sites is 1. The lowest BCUT2D eigenvalue weighted by molar-refractivity contribution is 0.0686. The van der Waals surface area contributed by atoms with E-state index in [0.29, 0.717) is 11.4 Å². The molecule has 0 atom stereocenters. The van der Waals surface area contributed by atoms with Crippen LogP contribution < -0.4 is 5.32 Å². The smallest absolute Gasteiger partial charge is 0.357 e. The fourth-order valence-electron chi connectivity index (χ4n) is 1.58. The highest BCUT2D eigenvalue weighted by atomic mass is 16.4. The van der Waals surface area contributed by atoms with E-state index in [1.165, 1.54) is 0 Å². The Morgan fingerprint density at radius 3 is 2.56 bits per heavy atom. The monoisotopic (exact) mass is 245 g/mol. The van der Waals surface area contributed by atoms with Crippen LogP contribution in [-0.2, 0) is 0 Å². The molecule has 1 amide bonds. The van der Waals surface area contributed by atoms with Gasteiger partial charge in [-0.1, -0.05) is 18.2 Å². The minimum absolute atomic E-state index is 0.0475. The van der Waals surface area contributed by atoms with Crippen molar-refractivity contribution in [2.45, 2.75) is 6.92 Å². The second-order valence-electron chi connectivity index (χ2n) is 3.70. The second-order valence-corrected chi connectivity index (χ2v) is 3.70. The first-order chi connectivity index (χ1) is 8.59. The minimum atomic E-state index is -1.24. The SMILES string of the molecule is Cc1[nH]nc(C(=O)O)c1C(=O)Nc1ccccc1. The molecule has 2 rings (SSSR count). The maximum absolute atomic E-state index is 12.0. The van der Waals surface area contributed by atoms with Gasteiger partial charge in [0.15, 0.2) is 5.69 Å². The van der Waals surface area contributed by atoms with Gasteiger partial charge in [-0.15, -0.1) is 0 Å². The Kier molecular flexibility index (Phi) is 3.09. The summed E-state index contributed by atoms with van der Waals surface area (Å²) in [5, 5.41) is 17.6. The van der Waals surface area contributed by atoms with E-state index in [-0.39, 0.29) is 11.3 Å². The molecule has 0 saturated heterocycles. The van der Waals surface area contributed by atoms with E-state index in [2.05, 4.69) is 15.5 Å². The Morgan fingerprint density at radius 2 is 1.94 bits per heavy atom. The van der Waals surface area contributed by atoms with Gasteiger partial charge in [0.1, 0.15) is 0 Å². The summed E-state index contributed by atoms with van der Waals surface area (Å²) < 4.78 is 0. The normalized spacial score (nSPS) is 10.1. The predicted octanol–water partition coefficient (Wildman–Crippen LogP) is 1.67. The molecule has 0 aliphatic rings. The van der Waals surface area contributed by atoms with Crippen LogP contribution in [0.4, 0.5) is 5.69 Å². The highest BCUT2D eigenvalue weighted by Crippen LogP contribution is 2.14. The fraction of sp³-hybridized carbons (Fsp3) is 0.0833. The number of carboxylic acid groups (broad SMARTS) is 1. The summed E-state index contributed by atoms with van der Waals surface area (Å²) in [7, 11) is 0. The zero-order valence-electron chi connectivity index (χ0n) is 9.60. The lowest BCUT2D eigenvalue weighted by Gasteiger charge is -2.04. The van der Waals surface area contributed by atoms with E-state index in [0.717, 1.165) is 0 Å². The number of aromatic nitrogens is 2. The Balaban J connectivity index is 2.29. The van der Waals surface area contributed by atoms with E-state index < -0.39 is 11.9 Å². The Bertz CT molecular complexity index is 590. The molecule has 1 aromatic carbocycles. The van der Waals surface area contributed by atoms with Gasteiger partial charge in [0.05, 0.1) is 5.56 Å². The highest BCUT2D eigenvalue weighted by molar-refractivity contribution is 6.10. The molecule has 0 saturated carbocycles. The van der Waals surface area contributed by atoms with Gasteiger partial charge in [0.25, 0.3) is 5.91 Å². The van der Waals surface area contributed by atoms with Gasteiger partial charge < -0.3 is 10.4 Å². The third-order valence-corrected chi connectivity index (χ3v) is 2.41. The summed E-state index contributed by atoms with van der Waals surface area (Å²) in [5.41, 5.74) is 0.785. The number of anilines is 1. The molecule has 0 aliphatic heterocycles. The van der Waals surface area contributed by atoms with Gasteiger partial charge in [0, 0.05) is 11.4 Å². The average molecular weight is 245 g/mol. The summed E-state index contributed by atoms with van der Waals surface area (Å²) in [4.78, 5) is 22.9. The summed E-state index contributed by atoms with van der Waals surface area (Å²) in [6.07, 6.45) is 0. The molecule has 0 fully saturated rings. The molecule has 6 heteroatoms. The molecule has 0 spiro atoms. The number of nitrogens with zero attached hydrogens (tertiary/aromatic N) is 1. The molecular weight excluding hydrogens is 234 g/mol. The lowest BCUT2D eigenvalue weighted by Crippen LogP contribution is -2.16. The Hall–Kier alpha value is -2.63. The summed E-state index contributed by atoms with van der Waals surface area (Å²) in [5.74, 6) is -1.73. The molecule has 1 heterocycles. The van der Waals surface area contributed by atoms with Crippen molar-refractivity contribution in [1.82, 2.24) is 10.2 Å². The van der Waals surface area contributed by atoms with Gasteiger partial charge in [-0.25, -0.2) is 4.79 Å². The third-order valence-electron chi connectivity index (χ3n) is 2.41. The number of aryl methyl sites for hydroxylation is 1. The Morgan fingerprint density at radius 1 is 1.28 bits per heavy atom. The van der Waals surface area contributed by atoms with Crippen LogP contribution in [-0.4, -0.2) is 27.2 Å². The highest BCUT2D eigenvalue weighted by Gasteiger charge is 2.22. The first-order valence-electron chi connectivity index (χ1n) is 5.24. The molecule has 2 aromatic rings. The number of nitrogens with one attached hydrogen (secondary N) is 2. The van der Waals surface area contributed by atoms with Crippen molar-refractivity contribution in [2.75, 3.05) is 5.32 Å². The van der Waals surface area contributed by atoms with Crippen LogP contribution in [0.5, 0.6) is 0 Å². The molecule has 1 aromatic heterocycles. The van der Waals surface area contributed by atoms with Crippen molar-refractivity contribution in [3.63, 3.8) is 0 Å². The maximum Gasteiger partial charge on any atom is 0.357 e. The van der Waals surface area contributed by atoms with Crippen molar-refractivity contribution < 1.29 is 14.7 Å². The van der Waals surface area contributed by atoms with E-state index in [9.17, 15) is 9.59 Å². The van der Waals surface area contributed by atoms with Gasteiger partial charge >= 0.3 is 5.97 Å². The molecule has 6 nitrogen and oxygen atoms in total. The van der Waals surface area contributed by atoms with Crippen molar-refractivity contribution in [2.24, 2.45) is 0 Å². The molecule has 92 valence electrons. The van der Waals surface area contributed by atoms with Crippen LogP contribution in [0.2, 0.25) is 0 Å². The van der Waals surface area contributed by atoms with E-state index >= 15 is 0 Å². The first-order valence-corrected chi connectivity index (χ1v) is 5.24. The van der Waals surface area contributed by atoms with Crippen LogP contribution in [0.15, 0.2) is 30.3 Å². The van der Waals surface area contributed by atoms with E-state index in [1.54, 1.807) is 31.2 Å². The Labute approximate surface area is 103 Å². The number of amides is 1. The van der Waals surface area contributed by atoms with Crippen LogP contribution in [0.25, 0.3) is 0 Å². The number of hydrogen-bond acceptors (Lipinski definition) is 3. The number of hydrogen-bond donors (Lipinski definition) is 3. The molecular formula is C12H11N3O3. The van der Waals surface area contributed by atoms with Crippen molar-refractivity contribution >= 4 is 17.6 Å². The van der Waals surface area contributed by atoms with Crippen LogP contribution in [0.1, 0.15) is 26.5 Å². The molecule has 0 bridgehead atoms. The van der Waals surface area contributed by atoms with Crippen LogP contribution >= 0.6 is 0 Å². The first kappa shape index (κ1) is 11.8. The van der Waals surface area contributed by atoms with Gasteiger partial charge in [-0.3, -0.25) is 9.89 Å². The molecule has 3 N–H and O–H groups in total. The lowest BCUT2D eigenvalue weighted by atomic mass is 10.1. The third kappa shape index (κ3) is 2.22. The summed E-state index contributed by atoms with van der Waals surface area (Å²) in [6, 6.07) is 8.80. The van der Waals surface area contributed by atoms with Crippen LogP contribution in [0, 0.1) is 6.92 Å². The number of benzene rings is 1. The summed E-state index contributed by atoms with van der Waals surface area (Å²) in [6.45, 7) is 1.60. The number of H-pyrrole nitrogens is 1. The second kappa shape index (κ2) is 4.70. The minimum Gasteiger partial charge on any atom is -0.476 e. The molecule has 0 unspecified atom stereocenters.